The molecule has 0 aromatic carbocycles. The largest absolute Gasteiger partial charge is 0.464 e. The third kappa shape index (κ3) is 1.91. The Kier molecular flexibility index (Phi) is 2.64. The molecule has 0 radical (unpaired) electrons. The van der Waals surface area contributed by atoms with Crippen molar-refractivity contribution >= 4 is 16.8 Å². The summed E-state index contributed by atoms with van der Waals surface area (Å²) >= 11 is 0. The molecule has 0 aromatic rings. The predicted octanol–water partition coefficient (Wildman–Crippen LogP) is -0.634. The SMILES string of the molecule is O=C1OCCC1N1CCS(=O)CC1. The average Bonchev–Trinajstić information content (AvgIpc) is 2.53. The van der Waals surface area contributed by atoms with Crippen LogP contribution in [-0.2, 0) is 20.3 Å². The Hall–Kier alpha value is -0.420. The van der Waals surface area contributed by atoms with E-state index in [0.717, 1.165) is 19.5 Å². The molecule has 0 saturated carbocycles. The van der Waals surface area contributed by atoms with Gasteiger partial charge in [0, 0.05) is 41.8 Å². The number of rotatable bonds is 1. The first-order valence-corrected chi connectivity index (χ1v) is 6.02. The number of nitrogens with zero attached hydrogens (tertiary/aromatic N) is 1. The van der Waals surface area contributed by atoms with Crippen molar-refractivity contribution in [3.63, 3.8) is 0 Å². The van der Waals surface area contributed by atoms with Crippen LogP contribution in [0.3, 0.4) is 0 Å². The summed E-state index contributed by atoms with van der Waals surface area (Å²) in [6, 6.07) is -0.0581. The fourth-order valence-electron chi connectivity index (χ4n) is 1.78. The first-order valence-electron chi connectivity index (χ1n) is 4.53. The van der Waals surface area contributed by atoms with Crippen LogP contribution in [0, 0.1) is 0 Å². The van der Waals surface area contributed by atoms with Gasteiger partial charge in [0.05, 0.1) is 6.61 Å². The van der Waals surface area contributed by atoms with Gasteiger partial charge in [-0.3, -0.25) is 13.9 Å². The van der Waals surface area contributed by atoms with Crippen molar-refractivity contribution < 1.29 is 13.7 Å². The quantitative estimate of drug-likeness (QED) is 0.532. The van der Waals surface area contributed by atoms with Crippen LogP contribution in [0.5, 0.6) is 0 Å². The molecule has 0 bridgehead atoms. The summed E-state index contributed by atoms with van der Waals surface area (Å²) in [6.07, 6.45) is 0.797. The highest BCUT2D eigenvalue weighted by atomic mass is 32.2. The van der Waals surface area contributed by atoms with Crippen LogP contribution < -0.4 is 0 Å². The number of cyclic esters (lactones) is 1. The van der Waals surface area contributed by atoms with Gasteiger partial charge in [-0.2, -0.15) is 0 Å². The van der Waals surface area contributed by atoms with Gasteiger partial charge in [0.15, 0.2) is 0 Å². The molecule has 2 aliphatic rings. The molecule has 74 valence electrons. The van der Waals surface area contributed by atoms with Gasteiger partial charge in [0.25, 0.3) is 0 Å². The van der Waals surface area contributed by atoms with Crippen molar-refractivity contribution in [1.82, 2.24) is 4.90 Å². The Balaban J connectivity index is 1.93. The zero-order chi connectivity index (χ0) is 9.26. The summed E-state index contributed by atoms with van der Waals surface area (Å²) in [5.74, 6) is 1.29. The van der Waals surface area contributed by atoms with E-state index in [0.29, 0.717) is 18.1 Å². The van der Waals surface area contributed by atoms with Gasteiger partial charge in [-0.15, -0.1) is 0 Å². The Bertz CT molecular complexity index is 234. The Morgan fingerprint density at radius 1 is 1.38 bits per heavy atom. The molecule has 4 nitrogen and oxygen atoms in total. The third-order valence-corrected chi connectivity index (χ3v) is 3.84. The number of hydrogen-bond donors (Lipinski definition) is 0. The van der Waals surface area contributed by atoms with E-state index in [1.165, 1.54) is 0 Å². The van der Waals surface area contributed by atoms with E-state index in [1.807, 2.05) is 0 Å². The van der Waals surface area contributed by atoms with Crippen LogP contribution in [0.1, 0.15) is 6.42 Å². The fourth-order valence-corrected chi connectivity index (χ4v) is 2.86. The van der Waals surface area contributed by atoms with E-state index in [4.69, 9.17) is 4.74 Å². The maximum atomic E-state index is 11.2. The number of ether oxygens (including phenoxy) is 1. The molecule has 1 unspecified atom stereocenters. The zero-order valence-electron chi connectivity index (χ0n) is 7.40. The number of hydrogen-bond acceptors (Lipinski definition) is 4. The molecule has 5 heteroatoms. The van der Waals surface area contributed by atoms with Gasteiger partial charge >= 0.3 is 5.97 Å². The van der Waals surface area contributed by atoms with Crippen molar-refractivity contribution in [3.05, 3.63) is 0 Å². The van der Waals surface area contributed by atoms with E-state index in [-0.39, 0.29) is 12.0 Å². The summed E-state index contributed by atoms with van der Waals surface area (Å²) < 4.78 is 16.0. The Labute approximate surface area is 79.7 Å². The van der Waals surface area contributed by atoms with Crippen LogP contribution in [0.4, 0.5) is 0 Å². The van der Waals surface area contributed by atoms with Crippen LogP contribution >= 0.6 is 0 Å². The number of carbonyl (C=O) groups is 1. The lowest BCUT2D eigenvalue weighted by molar-refractivity contribution is -0.142. The standard InChI is InChI=1S/C8H13NO3S/c10-8-7(1-4-12-8)9-2-5-13(11)6-3-9/h7H,1-6H2. The molecule has 2 heterocycles. The lowest BCUT2D eigenvalue weighted by Crippen LogP contribution is -2.46. The highest BCUT2D eigenvalue weighted by molar-refractivity contribution is 7.85. The molecule has 0 aliphatic carbocycles. The van der Waals surface area contributed by atoms with Gasteiger partial charge in [-0.25, -0.2) is 0 Å². The van der Waals surface area contributed by atoms with Crippen molar-refractivity contribution in [2.24, 2.45) is 0 Å². The van der Waals surface area contributed by atoms with Crippen LogP contribution in [0.25, 0.3) is 0 Å². The molecular weight excluding hydrogens is 190 g/mol. The lowest BCUT2D eigenvalue weighted by Gasteiger charge is -2.29. The molecule has 0 spiro atoms. The monoisotopic (exact) mass is 203 g/mol. The van der Waals surface area contributed by atoms with E-state index < -0.39 is 10.8 Å². The van der Waals surface area contributed by atoms with Crippen molar-refractivity contribution in [2.75, 3.05) is 31.2 Å². The van der Waals surface area contributed by atoms with E-state index >= 15 is 0 Å². The molecule has 0 aromatic heterocycles. The lowest BCUT2D eigenvalue weighted by atomic mass is 10.2. The van der Waals surface area contributed by atoms with E-state index in [1.54, 1.807) is 0 Å². The third-order valence-electron chi connectivity index (χ3n) is 2.56. The minimum atomic E-state index is -0.666. The normalized spacial score (nSPS) is 32.0. The second kappa shape index (κ2) is 3.75. The zero-order valence-corrected chi connectivity index (χ0v) is 8.22. The molecule has 2 saturated heterocycles. The summed E-state index contributed by atoms with van der Waals surface area (Å²) in [7, 11) is -0.666. The molecule has 0 N–H and O–H groups in total. The maximum Gasteiger partial charge on any atom is 0.323 e. The van der Waals surface area contributed by atoms with Gasteiger partial charge < -0.3 is 4.74 Å². The molecule has 0 amide bonds. The van der Waals surface area contributed by atoms with Crippen molar-refractivity contribution in [2.45, 2.75) is 12.5 Å². The van der Waals surface area contributed by atoms with Crippen LogP contribution in [-0.4, -0.2) is 52.3 Å². The highest BCUT2D eigenvalue weighted by Gasteiger charge is 2.33. The highest BCUT2D eigenvalue weighted by Crippen LogP contribution is 2.15. The summed E-state index contributed by atoms with van der Waals surface area (Å²) in [5.41, 5.74) is 0. The molecule has 2 rings (SSSR count). The second-order valence-corrected chi connectivity index (χ2v) is 5.05. The summed E-state index contributed by atoms with van der Waals surface area (Å²) in [6.45, 7) is 2.09. The molecule has 1 atom stereocenters. The summed E-state index contributed by atoms with van der Waals surface area (Å²) in [4.78, 5) is 13.3. The van der Waals surface area contributed by atoms with E-state index in [9.17, 15) is 9.00 Å². The minimum Gasteiger partial charge on any atom is -0.464 e. The Morgan fingerprint density at radius 3 is 2.62 bits per heavy atom. The van der Waals surface area contributed by atoms with Crippen LogP contribution in [0.15, 0.2) is 0 Å². The first kappa shape index (κ1) is 9.15. The molecule has 2 aliphatic heterocycles. The predicted molar refractivity (Wildman–Crippen MR) is 48.8 cm³/mol. The molecule has 13 heavy (non-hydrogen) atoms. The first-order chi connectivity index (χ1) is 6.27. The minimum absolute atomic E-state index is 0.0581. The van der Waals surface area contributed by atoms with Crippen LogP contribution in [0.2, 0.25) is 0 Å². The van der Waals surface area contributed by atoms with E-state index in [2.05, 4.69) is 4.90 Å². The van der Waals surface area contributed by atoms with Gasteiger partial charge in [0.2, 0.25) is 0 Å². The average molecular weight is 203 g/mol. The fraction of sp³-hybridized carbons (Fsp3) is 0.875. The Morgan fingerprint density at radius 2 is 2.08 bits per heavy atom. The number of carbonyl (C=O) groups excluding carboxylic acids is 1. The molecule has 2 fully saturated rings. The van der Waals surface area contributed by atoms with Gasteiger partial charge in [-0.05, 0) is 0 Å². The smallest absolute Gasteiger partial charge is 0.323 e. The topological polar surface area (TPSA) is 46.6 Å². The van der Waals surface area contributed by atoms with Crippen molar-refractivity contribution in [1.29, 1.82) is 0 Å². The van der Waals surface area contributed by atoms with Crippen molar-refractivity contribution in [3.8, 4) is 0 Å². The second-order valence-electron chi connectivity index (χ2n) is 3.36. The maximum absolute atomic E-state index is 11.2. The summed E-state index contributed by atoms with van der Waals surface area (Å²) in [5, 5.41) is 0. The van der Waals surface area contributed by atoms with Gasteiger partial charge in [0.1, 0.15) is 6.04 Å². The molecular formula is C8H13NO3S. The number of esters is 1. The van der Waals surface area contributed by atoms with Gasteiger partial charge in [-0.1, -0.05) is 0 Å².